The van der Waals surface area contributed by atoms with E-state index < -0.39 is 17.4 Å². The molecule has 1 fully saturated rings. The summed E-state index contributed by atoms with van der Waals surface area (Å²) >= 11 is 0. The lowest BCUT2D eigenvalue weighted by Crippen LogP contribution is -2.53. The van der Waals surface area contributed by atoms with Crippen molar-refractivity contribution in [2.45, 2.75) is 37.8 Å². The van der Waals surface area contributed by atoms with Gasteiger partial charge in [0.25, 0.3) is 0 Å². The van der Waals surface area contributed by atoms with Gasteiger partial charge in [0.1, 0.15) is 11.4 Å². The van der Waals surface area contributed by atoms with Crippen molar-refractivity contribution in [3.8, 4) is 11.5 Å². The fraction of sp³-hybridized carbons (Fsp3) is 0.333. The van der Waals surface area contributed by atoms with Crippen molar-refractivity contribution in [3.05, 3.63) is 59.7 Å². The molecule has 2 aromatic rings. The minimum Gasteiger partial charge on any atom is -0.503 e. The monoisotopic (exact) mass is 357 g/mol. The van der Waals surface area contributed by atoms with Crippen molar-refractivity contribution in [1.29, 1.82) is 0 Å². The van der Waals surface area contributed by atoms with Crippen LogP contribution in [-0.2, 0) is 0 Å². The minimum atomic E-state index is -0.933. The Kier molecular flexibility index (Phi) is 4.10. The molecular weight excluding hydrogens is 336 g/mol. The number of halogens is 2. The van der Waals surface area contributed by atoms with Gasteiger partial charge in [-0.2, -0.15) is 0 Å². The molecule has 1 N–H and O–H groups in total. The molecule has 2 aliphatic rings. The number of phenols is 1. The molecular formula is C21H21F2NO2. The molecule has 0 aliphatic carbocycles. The maximum Gasteiger partial charge on any atom is 0.187 e. The molecule has 0 amide bonds. The summed E-state index contributed by atoms with van der Waals surface area (Å²) in [4.78, 5) is 2.01. The third kappa shape index (κ3) is 2.81. The molecule has 2 aromatic carbocycles. The number of nitrogens with zero attached hydrogens (tertiary/aromatic N) is 1. The number of hydrogen-bond donors (Lipinski definition) is 1. The SMILES string of the molecule is CCC1CC2(C=Cc3ccccc3O2)CCN1c1cc(F)c(O)c(F)c1. The summed E-state index contributed by atoms with van der Waals surface area (Å²) in [5.74, 6) is -1.92. The van der Waals surface area contributed by atoms with Gasteiger partial charge in [-0.3, -0.25) is 0 Å². The first kappa shape index (κ1) is 16.9. The Labute approximate surface area is 151 Å². The molecule has 2 atom stereocenters. The van der Waals surface area contributed by atoms with Crippen molar-refractivity contribution in [3.63, 3.8) is 0 Å². The molecule has 0 bridgehead atoms. The van der Waals surface area contributed by atoms with E-state index in [-0.39, 0.29) is 11.6 Å². The Hall–Kier alpha value is -2.56. The van der Waals surface area contributed by atoms with Crippen LogP contribution in [0.4, 0.5) is 14.5 Å². The highest BCUT2D eigenvalue weighted by Gasteiger charge is 2.41. The van der Waals surface area contributed by atoms with E-state index in [4.69, 9.17) is 4.74 Å². The highest BCUT2D eigenvalue weighted by atomic mass is 19.1. The number of fused-ring (bicyclic) bond motifs is 1. The average molecular weight is 357 g/mol. The summed E-state index contributed by atoms with van der Waals surface area (Å²) in [6.45, 7) is 2.68. The van der Waals surface area contributed by atoms with Crippen LogP contribution in [-0.4, -0.2) is 23.3 Å². The zero-order valence-corrected chi connectivity index (χ0v) is 14.6. The topological polar surface area (TPSA) is 32.7 Å². The lowest BCUT2D eigenvalue weighted by Gasteiger charge is -2.47. The van der Waals surface area contributed by atoms with Crippen LogP contribution >= 0.6 is 0 Å². The van der Waals surface area contributed by atoms with Crippen LogP contribution in [0.3, 0.4) is 0 Å². The van der Waals surface area contributed by atoms with Gasteiger partial charge >= 0.3 is 0 Å². The number of aromatic hydroxyl groups is 1. The smallest absolute Gasteiger partial charge is 0.187 e. The predicted molar refractivity (Wildman–Crippen MR) is 97.5 cm³/mol. The average Bonchev–Trinajstić information content (AvgIpc) is 2.65. The van der Waals surface area contributed by atoms with Gasteiger partial charge in [0.05, 0.1) is 0 Å². The lowest BCUT2D eigenvalue weighted by atomic mass is 9.82. The predicted octanol–water partition coefficient (Wildman–Crippen LogP) is 4.89. The summed E-state index contributed by atoms with van der Waals surface area (Å²) < 4.78 is 33.9. The number of anilines is 1. The second kappa shape index (κ2) is 6.31. The maximum atomic E-state index is 13.8. The Morgan fingerprint density at radius 3 is 2.69 bits per heavy atom. The van der Waals surface area contributed by atoms with Gasteiger partial charge in [0, 0.05) is 48.8 Å². The van der Waals surface area contributed by atoms with Crippen LogP contribution in [0.25, 0.3) is 6.08 Å². The van der Waals surface area contributed by atoms with Crippen molar-refractivity contribution < 1.29 is 18.6 Å². The summed E-state index contributed by atoms with van der Waals surface area (Å²) in [7, 11) is 0. The van der Waals surface area contributed by atoms with Crippen molar-refractivity contribution in [1.82, 2.24) is 0 Å². The molecule has 4 rings (SSSR count). The largest absolute Gasteiger partial charge is 0.503 e. The normalized spacial score (nSPS) is 24.4. The first-order chi connectivity index (χ1) is 12.5. The standard InChI is InChI=1S/C21H21F2NO2/c1-2-15-13-21(8-7-14-5-3-4-6-19(14)26-21)9-10-24(15)16-11-17(22)20(25)18(23)12-16/h3-8,11-12,15,25H,2,9-10,13H2,1H3. The van der Waals surface area contributed by atoms with E-state index >= 15 is 0 Å². The van der Waals surface area contributed by atoms with Crippen LogP contribution in [0.5, 0.6) is 11.5 Å². The lowest BCUT2D eigenvalue weighted by molar-refractivity contribution is 0.0733. The molecule has 136 valence electrons. The number of phenolic OH excluding ortho intramolecular Hbond substituents is 1. The molecule has 1 spiro atoms. The Morgan fingerprint density at radius 2 is 1.96 bits per heavy atom. The molecule has 0 saturated carbocycles. The maximum absolute atomic E-state index is 13.8. The first-order valence-electron chi connectivity index (χ1n) is 8.93. The van der Waals surface area contributed by atoms with Crippen molar-refractivity contribution in [2.24, 2.45) is 0 Å². The van der Waals surface area contributed by atoms with Gasteiger partial charge < -0.3 is 14.7 Å². The van der Waals surface area contributed by atoms with E-state index in [1.54, 1.807) is 0 Å². The van der Waals surface area contributed by atoms with Crippen LogP contribution < -0.4 is 9.64 Å². The zero-order valence-electron chi connectivity index (χ0n) is 14.6. The highest BCUT2D eigenvalue weighted by Crippen LogP contribution is 2.41. The third-order valence-electron chi connectivity index (χ3n) is 5.40. The van der Waals surface area contributed by atoms with Crippen LogP contribution in [0.2, 0.25) is 0 Å². The van der Waals surface area contributed by atoms with Crippen LogP contribution in [0.1, 0.15) is 31.7 Å². The molecule has 0 aromatic heterocycles. The van der Waals surface area contributed by atoms with Gasteiger partial charge in [-0.25, -0.2) is 8.78 Å². The molecule has 1 saturated heterocycles. The van der Waals surface area contributed by atoms with E-state index in [1.807, 2.05) is 29.2 Å². The van der Waals surface area contributed by atoms with E-state index in [2.05, 4.69) is 19.1 Å². The second-order valence-corrected chi connectivity index (χ2v) is 7.01. The summed E-state index contributed by atoms with van der Waals surface area (Å²) in [5.41, 5.74) is 1.13. The molecule has 2 unspecified atom stereocenters. The zero-order chi connectivity index (χ0) is 18.3. The van der Waals surface area contributed by atoms with Gasteiger partial charge in [-0.15, -0.1) is 0 Å². The number of hydrogen-bond acceptors (Lipinski definition) is 3. The fourth-order valence-electron chi connectivity index (χ4n) is 3.98. The third-order valence-corrected chi connectivity index (χ3v) is 5.40. The summed E-state index contributed by atoms with van der Waals surface area (Å²) in [6.07, 6.45) is 6.50. The minimum absolute atomic E-state index is 0.0852. The molecule has 2 heterocycles. The quantitative estimate of drug-likeness (QED) is 0.830. The Balaban J connectivity index is 1.61. The Morgan fingerprint density at radius 1 is 1.23 bits per heavy atom. The first-order valence-corrected chi connectivity index (χ1v) is 8.93. The Bertz CT molecular complexity index is 844. The van der Waals surface area contributed by atoms with E-state index in [0.717, 1.165) is 30.6 Å². The van der Waals surface area contributed by atoms with Gasteiger partial charge in [0.2, 0.25) is 0 Å². The number of para-hydroxylation sites is 1. The second-order valence-electron chi connectivity index (χ2n) is 7.01. The molecule has 2 aliphatic heterocycles. The highest BCUT2D eigenvalue weighted by molar-refractivity contribution is 5.61. The van der Waals surface area contributed by atoms with E-state index in [1.165, 1.54) is 12.1 Å². The summed E-state index contributed by atoms with van der Waals surface area (Å²) in [6, 6.07) is 10.4. The van der Waals surface area contributed by atoms with Gasteiger partial charge in [0.15, 0.2) is 17.4 Å². The van der Waals surface area contributed by atoms with Gasteiger partial charge in [-0.05, 0) is 18.6 Å². The number of piperidine rings is 1. The number of rotatable bonds is 2. The fourth-order valence-corrected chi connectivity index (χ4v) is 3.98. The molecule has 26 heavy (non-hydrogen) atoms. The molecule has 5 heteroatoms. The number of ether oxygens (including phenoxy) is 1. The van der Waals surface area contributed by atoms with Crippen LogP contribution in [0, 0.1) is 11.6 Å². The van der Waals surface area contributed by atoms with E-state index in [9.17, 15) is 13.9 Å². The van der Waals surface area contributed by atoms with Crippen LogP contribution in [0.15, 0.2) is 42.5 Å². The molecule has 0 radical (unpaired) electrons. The van der Waals surface area contributed by atoms with E-state index in [0.29, 0.717) is 12.2 Å². The molecule has 3 nitrogen and oxygen atoms in total. The van der Waals surface area contributed by atoms with Crippen molar-refractivity contribution >= 4 is 11.8 Å². The summed E-state index contributed by atoms with van der Waals surface area (Å²) in [5, 5.41) is 9.35. The number of benzene rings is 2. The van der Waals surface area contributed by atoms with Crippen molar-refractivity contribution in [2.75, 3.05) is 11.4 Å². The van der Waals surface area contributed by atoms with Gasteiger partial charge in [-0.1, -0.05) is 31.2 Å².